The third-order valence-corrected chi connectivity index (χ3v) is 3.14. The van der Waals surface area contributed by atoms with Crippen LogP contribution in [0, 0.1) is 0 Å². The second-order valence-corrected chi connectivity index (χ2v) is 4.49. The largest absolute Gasteiger partial charge is 0.390 e. The number of nitrogens with zero attached hydrogens (tertiary/aromatic N) is 1. The van der Waals surface area contributed by atoms with E-state index in [0.717, 1.165) is 17.5 Å². The van der Waals surface area contributed by atoms with Gasteiger partial charge in [-0.15, -0.1) is 0 Å². The van der Waals surface area contributed by atoms with Crippen LogP contribution in [0.1, 0.15) is 35.6 Å². The predicted octanol–water partition coefficient (Wildman–Crippen LogP) is 4.61. The lowest BCUT2D eigenvalue weighted by atomic mass is 10.1. The van der Waals surface area contributed by atoms with E-state index in [0.29, 0.717) is 5.56 Å². The summed E-state index contributed by atoms with van der Waals surface area (Å²) < 4.78 is 25.6. The van der Waals surface area contributed by atoms with Crippen LogP contribution in [0.15, 0.2) is 53.7 Å². The molecule has 0 unspecified atom stereocenters. The molecule has 0 atom stereocenters. The van der Waals surface area contributed by atoms with E-state index in [1.165, 1.54) is 6.07 Å². The number of benzene rings is 2. The lowest BCUT2D eigenvalue weighted by Gasteiger charge is -2.07. The molecule has 0 aromatic heterocycles. The van der Waals surface area contributed by atoms with E-state index in [9.17, 15) is 8.78 Å². The van der Waals surface area contributed by atoms with Crippen LogP contribution in [0.5, 0.6) is 0 Å². The normalized spacial score (nSPS) is 11.2. The van der Waals surface area contributed by atoms with E-state index in [2.05, 4.69) is 11.4 Å². The Labute approximate surface area is 123 Å². The molecule has 0 N–H and O–H groups in total. The summed E-state index contributed by atoms with van der Waals surface area (Å²) in [7, 11) is 0. The average Bonchev–Trinajstić information content (AvgIpc) is 2.52. The molecular weight excluding hydrogens is 272 g/mol. The summed E-state index contributed by atoms with van der Waals surface area (Å²) in [5.41, 5.74) is 2.36. The predicted molar refractivity (Wildman–Crippen MR) is 78.5 cm³/mol. The monoisotopic (exact) mass is 288 g/mol. The molecule has 0 amide bonds. The van der Waals surface area contributed by atoms with E-state index in [1.807, 2.05) is 31.2 Å². The topological polar surface area (TPSA) is 21.6 Å². The highest BCUT2D eigenvalue weighted by Crippen LogP contribution is 2.23. The number of rotatable bonds is 6. The van der Waals surface area contributed by atoms with Gasteiger partial charge in [-0.1, -0.05) is 60.6 Å². The van der Waals surface area contributed by atoms with Gasteiger partial charge in [0.2, 0.25) is 0 Å². The standard InChI is InChI=1S/C17H16F2NO/c1-2-13-7-3-4-8-14(13)11-20-21-12-15-9-5-6-10-16(15)17(18)19/h3-10,17H,2,12H2,1H3. The first-order chi connectivity index (χ1) is 10.2. The fourth-order valence-corrected chi connectivity index (χ4v) is 2.00. The Kier molecular flexibility index (Phi) is 5.43. The molecule has 21 heavy (non-hydrogen) atoms. The van der Waals surface area contributed by atoms with Crippen LogP contribution in [-0.2, 0) is 17.9 Å². The molecule has 0 aliphatic carbocycles. The second-order valence-electron chi connectivity index (χ2n) is 4.49. The van der Waals surface area contributed by atoms with Crippen molar-refractivity contribution in [3.05, 3.63) is 70.8 Å². The summed E-state index contributed by atoms with van der Waals surface area (Å²) in [6.07, 6.45) is 1.15. The molecule has 0 aliphatic rings. The van der Waals surface area contributed by atoms with Gasteiger partial charge >= 0.3 is 0 Å². The molecule has 0 saturated heterocycles. The Balaban J connectivity index is 2.00. The minimum atomic E-state index is -2.52. The van der Waals surface area contributed by atoms with Crippen LogP contribution in [-0.4, -0.2) is 6.21 Å². The molecule has 0 spiro atoms. The first-order valence-corrected chi connectivity index (χ1v) is 6.74. The van der Waals surface area contributed by atoms with Gasteiger partial charge in [-0.25, -0.2) is 8.78 Å². The number of hydrogen-bond donors (Lipinski definition) is 0. The molecular formula is C17H16F2NO. The number of halogens is 2. The van der Waals surface area contributed by atoms with Gasteiger partial charge in [-0.3, -0.25) is 0 Å². The van der Waals surface area contributed by atoms with Crippen LogP contribution in [0.4, 0.5) is 8.78 Å². The molecule has 0 heterocycles. The highest BCUT2D eigenvalue weighted by molar-refractivity contribution is 5.81. The van der Waals surface area contributed by atoms with Crippen molar-refractivity contribution in [3.63, 3.8) is 0 Å². The van der Waals surface area contributed by atoms with Crippen molar-refractivity contribution < 1.29 is 13.6 Å². The summed E-state index contributed by atoms with van der Waals surface area (Å²) in [5, 5.41) is 3.75. The molecule has 2 nitrogen and oxygen atoms in total. The van der Waals surface area contributed by atoms with E-state index in [-0.39, 0.29) is 12.2 Å². The molecule has 2 rings (SSSR count). The highest BCUT2D eigenvalue weighted by Gasteiger charge is 2.11. The number of alkyl halides is 2. The van der Waals surface area contributed by atoms with Crippen molar-refractivity contribution in [2.75, 3.05) is 0 Å². The molecule has 2 aromatic carbocycles. The third kappa shape index (κ3) is 4.12. The molecule has 1 radical (unpaired) electrons. The van der Waals surface area contributed by atoms with Crippen molar-refractivity contribution in [1.82, 2.24) is 0 Å². The molecule has 0 aliphatic heterocycles. The molecule has 109 valence electrons. The van der Waals surface area contributed by atoms with Gasteiger partial charge in [0, 0.05) is 16.7 Å². The fourth-order valence-electron chi connectivity index (χ4n) is 2.00. The van der Waals surface area contributed by atoms with Gasteiger partial charge in [0.05, 0.1) is 0 Å². The van der Waals surface area contributed by atoms with Crippen molar-refractivity contribution in [2.24, 2.45) is 5.16 Å². The molecule has 0 saturated carbocycles. The minimum absolute atomic E-state index is 0.00179. The van der Waals surface area contributed by atoms with Crippen LogP contribution in [0.25, 0.3) is 0 Å². The zero-order valence-corrected chi connectivity index (χ0v) is 11.7. The van der Waals surface area contributed by atoms with Gasteiger partial charge in [-0.05, 0) is 12.0 Å². The van der Waals surface area contributed by atoms with Crippen LogP contribution >= 0.6 is 0 Å². The Morgan fingerprint density at radius 1 is 1.05 bits per heavy atom. The molecule has 0 bridgehead atoms. The maximum absolute atomic E-state index is 12.8. The smallest absolute Gasteiger partial charge is 0.264 e. The summed E-state index contributed by atoms with van der Waals surface area (Å²) >= 11 is 0. The van der Waals surface area contributed by atoms with Gasteiger partial charge in [0.1, 0.15) is 12.8 Å². The average molecular weight is 288 g/mol. The van der Waals surface area contributed by atoms with E-state index >= 15 is 0 Å². The van der Waals surface area contributed by atoms with Crippen molar-refractivity contribution >= 4 is 6.21 Å². The summed E-state index contributed by atoms with van der Waals surface area (Å²) in [6, 6.07) is 14.0. The molecule has 2 aromatic rings. The van der Waals surface area contributed by atoms with Gasteiger partial charge in [-0.2, -0.15) is 0 Å². The number of hydrogen-bond acceptors (Lipinski definition) is 2. The third-order valence-electron chi connectivity index (χ3n) is 3.14. The lowest BCUT2D eigenvalue weighted by Crippen LogP contribution is -1.96. The molecule has 4 heteroatoms. The number of aryl methyl sites for hydroxylation is 1. The lowest BCUT2D eigenvalue weighted by molar-refractivity contribution is 0.120. The quantitative estimate of drug-likeness (QED) is 0.561. The molecule has 0 fully saturated rings. The fraction of sp³-hybridized carbons (Fsp3) is 0.235. The highest BCUT2D eigenvalue weighted by atomic mass is 19.3. The van der Waals surface area contributed by atoms with Gasteiger partial charge in [0.25, 0.3) is 6.43 Å². The van der Waals surface area contributed by atoms with Crippen LogP contribution in [0.3, 0.4) is 0 Å². The Morgan fingerprint density at radius 3 is 2.43 bits per heavy atom. The van der Waals surface area contributed by atoms with Crippen LogP contribution < -0.4 is 0 Å². The van der Waals surface area contributed by atoms with Crippen molar-refractivity contribution in [2.45, 2.75) is 26.4 Å². The Bertz CT molecular complexity index is 611. The SMILES string of the molecule is CCc1ccccc1/[C]=N\OCc1ccccc1C(F)F. The minimum Gasteiger partial charge on any atom is -0.390 e. The zero-order chi connectivity index (χ0) is 15.1. The van der Waals surface area contributed by atoms with E-state index in [1.54, 1.807) is 18.2 Å². The summed E-state index contributed by atoms with van der Waals surface area (Å²) in [4.78, 5) is 5.09. The first-order valence-electron chi connectivity index (χ1n) is 6.74. The van der Waals surface area contributed by atoms with Crippen molar-refractivity contribution in [1.29, 1.82) is 0 Å². The Hall–Kier alpha value is -2.23. The van der Waals surface area contributed by atoms with Crippen LogP contribution in [0.2, 0.25) is 0 Å². The maximum Gasteiger partial charge on any atom is 0.264 e. The first kappa shape index (κ1) is 15.2. The van der Waals surface area contributed by atoms with Crippen molar-refractivity contribution in [3.8, 4) is 0 Å². The van der Waals surface area contributed by atoms with E-state index in [4.69, 9.17) is 4.84 Å². The summed E-state index contributed by atoms with van der Waals surface area (Å²) in [5.74, 6) is 0. The zero-order valence-electron chi connectivity index (χ0n) is 11.7. The maximum atomic E-state index is 12.8. The summed E-state index contributed by atoms with van der Waals surface area (Å²) in [6.45, 7) is 2.04. The van der Waals surface area contributed by atoms with Gasteiger partial charge in [0.15, 0.2) is 0 Å². The van der Waals surface area contributed by atoms with Gasteiger partial charge < -0.3 is 4.84 Å². The van der Waals surface area contributed by atoms with E-state index < -0.39 is 6.43 Å². The second kappa shape index (κ2) is 7.53. The Morgan fingerprint density at radius 2 is 1.71 bits per heavy atom.